The minimum absolute atomic E-state index is 0.0299. The second-order valence-corrected chi connectivity index (χ2v) is 4.61. The van der Waals surface area contributed by atoms with Crippen molar-refractivity contribution in [1.82, 2.24) is 5.32 Å². The Bertz CT molecular complexity index is 567. The maximum atomic E-state index is 11.9. The molecule has 0 saturated heterocycles. The molecule has 0 spiro atoms. The Hall–Kier alpha value is -1.77. The SMILES string of the molecule is C#CCC(C)NC(=O)c1cc([N+](=O)[O-])cc(Cl)c1Cl. The van der Waals surface area contributed by atoms with Crippen LogP contribution in [0.25, 0.3) is 0 Å². The van der Waals surface area contributed by atoms with Crippen molar-refractivity contribution < 1.29 is 9.72 Å². The number of nitrogens with one attached hydrogen (secondary N) is 1. The van der Waals surface area contributed by atoms with E-state index in [-0.39, 0.29) is 27.3 Å². The van der Waals surface area contributed by atoms with Gasteiger partial charge in [0.2, 0.25) is 0 Å². The number of nitrogens with zero attached hydrogens (tertiary/aromatic N) is 1. The summed E-state index contributed by atoms with van der Waals surface area (Å²) in [6.45, 7) is 1.71. The van der Waals surface area contributed by atoms with Gasteiger partial charge >= 0.3 is 0 Å². The van der Waals surface area contributed by atoms with Crippen LogP contribution in [0.15, 0.2) is 12.1 Å². The molecule has 19 heavy (non-hydrogen) atoms. The van der Waals surface area contributed by atoms with Crippen molar-refractivity contribution in [1.29, 1.82) is 0 Å². The summed E-state index contributed by atoms with van der Waals surface area (Å²) in [5.41, 5.74) is -0.353. The minimum Gasteiger partial charge on any atom is -0.349 e. The quantitative estimate of drug-likeness (QED) is 0.528. The lowest BCUT2D eigenvalue weighted by Crippen LogP contribution is -2.32. The highest BCUT2D eigenvalue weighted by atomic mass is 35.5. The van der Waals surface area contributed by atoms with Gasteiger partial charge in [0.1, 0.15) is 0 Å². The van der Waals surface area contributed by atoms with E-state index in [1.165, 1.54) is 0 Å². The summed E-state index contributed by atoms with van der Waals surface area (Å²) in [6, 6.07) is 1.89. The lowest BCUT2D eigenvalue weighted by atomic mass is 10.1. The van der Waals surface area contributed by atoms with Crippen molar-refractivity contribution in [3.8, 4) is 12.3 Å². The maximum absolute atomic E-state index is 11.9. The summed E-state index contributed by atoms with van der Waals surface area (Å²) < 4.78 is 0. The smallest absolute Gasteiger partial charge is 0.271 e. The molecule has 1 atom stereocenters. The van der Waals surface area contributed by atoms with Crippen molar-refractivity contribution in [2.45, 2.75) is 19.4 Å². The maximum Gasteiger partial charge on any atom is 0.271 e. The minimum atomic E-state index is -0.649. The summed E-state index contributed by atoms with van der Waals surface area (Å²) in [6.07, 6.45) is 5.46. The second kappa shape index (κ2) is 6.41. The molecule has 0 aliphatic rings. The Morgan fingerprint density at radius 1 is 1.58 bits per heavy atom. The fourth-order valence-electron chi connectivity index (χ4n) is 1.37. The largest absolute Gasteiger partial charge is 0.349 e. The van der Waals surface area contributed by atoms with Gasteiger partial charge in [-0.15, -0.1) is 12.3 Å². The van der Waals surface area contributed by atoms with Crippen LogP contribution < -0.4 is 5.32 Å². The van der Waals surface area contributed by atoms with E-state index in [9.17, 15) is 14.9 Å². The number of nitro benzene ring substituents is 1. The molecule has 1 N–H and O–H groups in total. The normalized spacial score (nSPS) is 11.5. The molecule has 0 aliphatic carbocycles. The number of halogens is 2. The van der Waals surface area contributed by atoms with Crippen LogP contribution in [-0.4, -0.2) is 16.9 Å². The van der Waals surface area contributed by atoms with Crippen molar-refractivity contribution >= 4 is 34.8 Å². The fourth-order valence-corrected chi connectivity index (χ4v) is 1.78. The van der Waals surface area contributed by atoms with E-state index in [1.807, 2.05) is 0 Å². The Morgan fingerprint density at radius 3 is 2.74 bits per heavy atom. The van der Waals surface area contributed by atoms with Gasteiger partial charge in [-0.05, 0) is 6.92 Å². The lowest BCUT2D eigenvalue weighted by Gasteiger charge is -2.12. The highest BCUT2D eigenvalue weighted by molar-refractivity contribution is 6.44. The summed E-state index contributed by atoms with van der Waals surface area (Å²) in [7, 11) is 0. The zero-order valence-electron chi connectivity index (χ0n) is 9.94. The van der Waals surface area contributed by atoms with Gasteiger partial charge < -0.3 is 5.32 Å². The van der Waals surface area contributed by atoms with Gasteiger partial charge in [0.05, 0.1) is 20.5 Å². The molecule has 1 rings (SSSR count). The first kappa shape index (κ1) is 15.3. The van der Waals surface area contributed by atoms with E-state index in [0.717, 1.165) is 12.1 Å². The van der Waals surface area contributed by atoms with Crippen molar-refractivity contribution in [2.24, 2.45) is 0 Å². The Balaban J connectivity index is 3.09. The van der Waals surface area contributed by atoms with Gasteiger partial charge in [0, 0.05) is 24.6 Å². The average Bonchev–Trinajstić information content (AvgIpc) is 2.32. The van der Waals surface area contributed by atoms with E-state index < -0.39 is 10.8 Å². The van der Waals surface area contributed by atoms with Gasteiger partial charge in [-0.25, -0.2) is 0 Å². The molecule has 0 aliphatic heterocycles. The third-order valence-electron chi connectivity index (χ3n) is 2.27. The first-order valence-corrected chi connectivity index (χ1v) is 6.00. The molecular weight excluding hydrogens is 291 g/mol. The number of nitro groups is 1. The first-order valence-electron chi connectivity index (χ1n) is 5.24. The number of hydrogen-bond donors (Lipinski definition) is 1. The summed E-state index contributed by atoms with van der Waals surface area (Å²) in [5, 5.41) is 13.2. The number of rotatable bonds is 4. The van der Waals surface area contributed by atoms with E-state index in [1.54, 1.807) is 6.92 Å². The molecule has 1 aromatic carbocycles. The van der Waals surface area contributed by atoms with E-state index in [4.69, 9.17) is 29.6 Å². The monoisotopic (exact) mass is 300 g/mol. The van der Waals surface area contributed by atoms with Crippen LogP contribution in [0.4, 0.5) is 5.69 Å². The third kappa shape index (κ3) is 3.85. The molecule has 1 amide bonds. The number of hydrogen-bond acceptors (Lipinski definition) is 3. The molecule has 7 heteroatoms. The van der Waals surface area contributed by atoms with Crippen LogP contribution in [0.1, 0.15) is 23.7 Å². The standard InChI is InChI=1S/C12H10Cl2N2O3/c1-3-4-7(2)15-12(17)9-5-8(16(18)19)6-10(13)11(9)14/h1,5-7H,4H2,2H3,(H,15,17). The van der Waals surface area contributed by atoms with Gasteiger partial charge in [0.25, 0.3) is 11.6 Å². The van der Waals surface area contributed by atoms with Gasteiger partial charge in [-0.1, -0.05) is 23.2 Å². The molecule has 100 valence electrons. The third-order valence-corrected chi connectivity index (χ3v) is 3.07. The second-order valence-electron chi connectivity index (χ2n) is 3.83. The molecule has 0 saturated carbocycles. The van der Waals surface area contributed by atoms with Gasteiger partial charge in [-0.3, -0.25) is 14.9 Å². The van der Waals surface area contributed by atoms with Crippen LogP contribution in [0.2, 0.25) is 10.0 Å². The molecule has 0 aromatic heterocycles. The Morgan fingerprint density at radius 2 is 2.21 bits per heavy atom. The summed E-state index contributed by atoms with van der Waals surface area (Å²) in [5.74, 6) is 1.84. The highest BCUT2D eigenvalue weighted by Crippen LogP contribution is 2.30. The average molecular weight is 301 g/mol. The molecule has 5 nitrogen and oxygen atoms in total. The molecule has 1 unspecified atom stereocenters. The fraction of sp³-hybridized carbons (Fsp3) is 0.250. The zero-order valence-corrected chi connectivity index (χ0v) is 11.5. The summed E-state index contributed by atoms with van der Waals surface area (Å²) in [4.78, 5) is 22.0. The number of carbonyl (C=O) groups is 1. The van der Waals surface area contributed by atoms with Crippen LogP contribution in [0, 0.1) is 22.5 Å². The van der Waals surface area contributed by atoms with E-state index in [2.05, 4.69) is 11.2 Å². The molecule has 0 heterocycles. The van der Waals surface area contributed by atoms with Crippen LogP contribution in [0.5, 0.6) is 0 Å². The molecule has 0 bridgehead atoms. The number of carbonyl (C=O) groups excluding carboxylic acids is 1. The first-order chi connectivity index (χ1) is 8.86. The molecule has 0 fully saturated rings. The van der Waals surface area contributed by atoms with Crippen LogP contribution >= 0.6 is 23.2 Å². The topological polar surface area (TPSA) is 72.2 Å². The molecule has 0 radical (unpaired) electrons. The number of benzene rings is 1. The van der Waals surface area contributed by atoms with E-state index >= 15 is 0 Å². The van der Waals surface area contributed by atoms with Crippen LogP contribution in [-0.2, 0) is 0 Å². The predicted molar refractivity (Wildman–Crippen MR) is 73.5 cm³/mol. The van der Waals surface area contributed by atoms with Gasteiger partial charge in [-0.2, -0.15) is 0 Å². The Kier molecular flexibility index (Phi) is 5.16. The predicted octanol–water partition coefficient (Wildman–Crippen LogP) is 3.04. The van der Waals surface area contributed by atoms with Crippen molar-refractivity contribution in [3.05, 3.63) is 37.9 Å². The highest BCUT2D eigenvalue weighted by Gasteiger charge is 2.20. The van der Waals surface area contributed by atoms with Crippen molar-refractivity contribution in [2.75, 3.05) is 0 Å². The number of non-ortho nitro benzene ring substituents is 1. The molecule has 1 aromatic rings. The van der Waals surface area contributed by atoms with Gasteiger partial charge in [0.15, 0.2) is 0 Å². The zero-order chi connectivity index (χ0) is 14.6. The Labute approximate surface area is 120 Å². The summed E-state index contributed by atoms with van der Waals surface area (Å²) >= 11 is 11.6. The van der Waals surface area contributed by atoms with E-state index in [0.29, 0.717) is 6.42 Å². The lowest BCUT2D eigenvalue weighted by molar-refractivity contribution is -0.384. The number of amides is 1. The van der Waals surface area contributed by atoms with Crippen molar-refractivity contribution in [3.63, 3.8) is 0 Å². The van der Waals surface area contributed by atoms with Crippen LogP contribution in [0.3, 0.4) is 0 Å². The molecular formula is C12H10Cl2N2O3. The number of terminal acetylenes is 1.